The van der Waals surface area contributed by atoms with Crippen LogP contribution in [-0.2, 0) is 9.59 Å². The maximum Gasteiger partial charge on any atom is 0.239 e. The van der Waals surface area contributed by atoms with Crippen LogP contribution in [0.5, 0.6) is 0 Å². The minimum absolute atomic E-state index is 0. The van der Waals surface area contributed by atoms with Crippen LogP contribution in [0.4, 0.5) is 0 Å². The summed E-state index contributed by atoms with van der Waals surface area (Å²) in [5, 5.41) is 5.63. The van der Waals surface area contributed by atoms with Crippen molar-refractivity contribution in [3.8, 4) is 0 Å². The van der Waals surface area contributed by atoms with E-state index in [1.807, 2.05) is 13.8 Å². The van der Waals surface area contributed by atoms with E-state index < -0.39 is 0 Å². The molecular formula is C10H22ClN3O2. The third-order valence-electron chi connectivity index (χ3n) is 1.85. The summed E-state index contributed by atoms with van der Waals surface area (Å²) in [6.07, 6.45) is 0.419. The van der Waals surface area contributed by atoms with Crippen molar-refractivity contribution in [3.05, 3.63) is 0 Å². The minimum Gasteiger partial charge on any atom is -0.352 e. The summed E-state index contributed by atoms with van der Waals surface area (Å²) in [4.78, 5) is 24.2. The Balaban J connectivity index is 0. The first-order valence-electron chi connectivity index (χ1n) is 5.15. The molecule has 0 rings (SSSR count). The van der Waals surface area contributed by atoms with E-state index >= 15 is 0 Å². The molecule has 0 fully saturated rings. The molecule has 0 aromatic carbocycles. The summed E-state index contributed by atoms with van der Waals surface area (Å²) in [6.45, 7) is 4.54. The van der Waals surface area contributed by atoms with Gasteiger partial charge in [-0.1, -0.05) is 0 Å². The third-order valence-corrected chi connectivity index (χ3v) is 1.85. The molecule has 0 saturated heterocycles. The molecule has 0 radical (unpaired) electrons. The molecular weight excluding hydrogens is 230 g/mol. The lowest BCUT2D eigenvalue weighted by Gasteiger charge is -2.17. The second-order valence-corrected chi connectivity index (χ2v) is 3.83. The Morgan fingerprint density at radius 3 is 2.31 bits per heavy atom. The number of carbonyl (C=O) groups excluding carboxylic acids is 2. The number of rotatable bonds is 6. The molecule has 2 amide bonds. The molecule has 0 spiro atoms. The summed E-state index contributed by atoms with van der Waals surface area (Å²) in [5.41, 5.74) is 0. The van der Waals surface area contributed by atoms with Gasteiger partial charge in [-0.15, -0.1) is 12.4 Å². The number of nitrogens with zero attached hydrogens (tertiary/aromatic N) is 1. The molecule has 0 saturated carbocycles. The number of likely N-dealkylation sites (N-methyl/N-ethyl adjacent to an activating group) is 1. The van der Waals surface area contributed by atoms with Crippen LogP contribution in [0.3, 0.4) is 0 Å². The quantitative estimate of drug-likeness (QED) is 0.699. The van der Waals surface area contributed by atoms with E-state index in [0.717, 1.165) is 0 Å². The van der Waals surface area contributed by atoms with Crippen molar-refractivity contribution < 1.29 is 9.59 Å². The zero-order chi connectivity index (χ0) is 11.8. The van der Waals surface area contributed by atoms with E-state index in [0.29, 0.717) is 13.0 Å². The molecule has 0 aromatic rings. The molecule has 2 N–H and O–H groups in total. The Hall–Kier alpha value is -0.810. The fraction of sp³-hybridized carbons (Fsp3) is 0.800. The van der Waals surface area contributed by atoms with Gasteiger partial charge in [-0.05, 0) is 20.9 Å². The van der Waals surface area contributed by atoms with Crippen LogP contribution in [-0.4, -0.2) is 49.9 Å². The molecule has 16 heavy (non-hydrogen) atoms. The molecule has 0 unspecified atom stereocenters. The Kier molecular flexibility index (Phi) is 10.3. The Bertz CT molecular complexity index is 222. The van der Waals surface area contributed by atoms with E-state index in [9.17, 15) is 9.59 Å². The summed E-state index contributed by atoms with van der Waals surface area (Å²) in [6, 6.07) is 0.110. The molecule has 6 heteroatoms. The predicted octanol–water partition coefficient (Wildman–Crippen LogP) is 0.000700. The summed E-state index contributed by atoms with van der Waals surface area (Å²) >= 11 is 0. The van der Waals surface area contributed by atoms with Gasteiger partial charge in [0.05, 0.1) is 6.54 Å². The fourth-order valence-electron chi connectivity index (χ4n) is 1.09. The average molecular weight is 252 g/mol. The fourth-order valence-corrected chi connectivity index (χ4v) is 1.09. The van der Waals surface area contributed by atoms with E-state index in [2.05, 4.69) is 10.6 Å². The molecule has 0 aliphatic heterocycles. The zero-order valence-electron chi connectivity index (χ0n) is 10.4. The normalized spacial score (nSPS) is 9.56. The van der Waals surface area contributed by atoms with Crippen molar-refractivity contribution in [2.24, 2.45) is 0 Å². The third kappa shape index (κ3) is 8.49. The molecule has 0 aromatic heterocycles. The van der Waals surface area contributed by atoms with Crippen molar-refractivity contribution in [1.29, 1.82) is 0 Å². The first-order chi connectivity index (χ1) is 6.97. The first kappa shape index (κ1) is 17.6. The first-order valence-corrected chi connectivity index (χ1v) is 5.15. The predicted molar refractivity (Wildman–Crippen MR) is 66.7 cm³/mol. The second-order valence-electron chi connectivity index (χ2n) is 3.83. The number of hydrogen-bond acceptors (Lipinski definition) is 3. The highest BCUT2D eigenvalue weighted by molar-refractivity contribution is 5.85. The Labute approximate surface area is 103 Å². The minimum atomic E-state index is -0.120. The number of halogens is 1. The summed E-state index contributed by atoms with van der Waals surface area (Å²) < 4.78 is 0. The van der Waals surface area contributed by atoms with Gasteiger partial charge in [0, 0.05) is 26.1 Å². The van der Waals surface area contributed by atoms with Crippen molar-refractivity contribution >= 4 is 24.2 Å². The second kappa shape index (κ2) is 9.42. The monoisotopic (exact) mass is 251 g/mol. The molecule has 0 atom stereocenters. The largest absolute Gasteiger partial charge is 0.352 e. The van der Waals surface area contributed by atoms with E-state index in [1.54, 1.807) is 14.1 Å². The smallest absolute Gasteiger partial charge is 0.239 e. The topological polar surface area (TPSA) is 61.4 Å². The van der Waals surface area contributed by atoms with Gasteiger partial charge in [0.15, 0.2) is 0 Å². The highest BCUT2D eigenvalue weighted by Gasteiger charge is 2.12. The maximum atomic E-state index is 11.4. The van der Waals surface area contributed by atoms with Crippen molar-refractivity contribution in [3.63, 3.8) is 0 Å². The molecule has 96 valence electrons. The number of hydrogen-bond donors (Lipinski definition) is 2. The molecule has 5 nitrogen and oxygen atoms in total. The Morgan fingerprint density at radius 1 is 1.31 bits per heavy atom. The maximum absolute atomic E-state index is 11.4. The van der Waals surface area contributed by atoms with Gasteiger partial charge in [0.25, 0.3) is 0 Å². The standard InChI is InChI=1S/C10H21N3O2.ClH/c1-8(2)12-9(14)7-13(4)10(15)5-6-11-3;/h8,11H,5-7H2,1-4H3,(H,12,14);1H. The highest BCUT2D eigenvalue weighted by atomic mass is 35.5. The van der Waals surface area contributed by atoms with E-state index in [1.165, 1.54) is 4.90 Å². The van der Waals surface area contributed by atoms with E-state index in [4.69, 9.17) is 0 Å². The zero-order valence-corrected chi connectivity index (χ0v) is 11.2. The summed E-state index contributed by atoms with van der Waals surface area (Å²) in [5.74, 6) is -0.145. The van der Waals surface area contributed by atoms with Crippen LogP contribution >= 0.6 is 12.4 Å². The lowest BCUT2D eigenvalue weighted by molar-refractivity contribution is -0.134. The Morgan fingerprint density at radius 2 is 1.88 bits per heavy atom. The summed E-state index contributed by atoms with van der Waals surface area (Å²) in [7, 11) is 3.43. The molecule has 0 aliphatic carbocycles. The van der Waals surface area contributed by atoms with Gasteiger partial charge >= 0.3 is 0 Å². The lowest BCUT2D eigenvalue weighted by atomic mass is 10.3. The van der Waals surface area contributed by atoms with Gasteiger partial charge in [0.1, 0.15) is 0 Å². The van der Waals surface area contributed by atoms with Crippen molar-refractivity contribution in [1.82, 2.24) is 15.5 Å². The number of nitrogens with one attached hydrogen (secondary N) is 2. The molecule has 0 aliphatic rings. The molecule has 0 bridgehead atoms. The average Bonchev–Trinajstić information content (AvgIpc) is 2.12. The number of amides is 2. The van der Waals surface area contributed by atoms with Crippen LogP contribution < -0.4 is 10.6 Å². The SMILES string of the molecule is CNCCC(=O)N(C)CC(=O)NC(C)C.Cl. The van der Waals surface area contributed by atoms with Crippen molar-refractivity contribution in [2.45, 2.75) is 26.3 Å². The van der Waals surface area contributed by atoms with Gasteiger partial charge in [-0.25, -0.2) is 0 Å². The van der Waals surface area contributed by atoms with Crippen LogP contribution in [0.1, 0.15) is 20.3 Å². The van der Waals surface area contributed by atoms with Gasteiger partial charge < -0.3 is 15.5 Å². The van der Waals surface area contributed by atoms with Gasteiger partial charge in [0.2, 0.25) is 11.8 Å². The van der Waals surface area contributed by atoms with Crippen LogP contribution in [0.2, 0.25) is 0 Å². The van der Waals surface area contributed by atoms with Crippen molar-refractivity contribution in [2.75, 3.05) is 27.2 Å². The van der Waals surface area contributed by atoms with E-state index in [-0.39, 0.29) is 36.8 Å². The van der Waals surface area contributed by atoms with Gasteiger partial charge in [-0.2, -0.15) is 0 Å². The molecule has 0 heterocycles. The lowest BCUT2D eigenvalue weighted by Crippen LogP contribution is -2.41. The van der Waals surface area contributed by atoms with Crippen LogP contribution in [0.15, 0.2) is 0 Å². The van der Waals surface area contributed by atoms with Crippen LogP contribution in [0, 0.1) is 0 Å². The number of carbonyl (C=O) groups is 2. The van der Waals surface area contributed by atoms with Crippen LogP contribution in [0.25, 0.3) is 0 Å². The highest BCUT2D eigenvalue weighted by Crippen LogP contribution is 1.90. The van der Waals surface area contributed by atoms with Gasteiger partial charge in [-0.3, -0.25) is 9.59 Å².